The summed E-state index contributed by atoms with van der Waals surface area (Å²) in [5, 5.41) is 2.21. The fraction of sp³-hybridized carbons (Fsp3) is 0.400. The number of aryl methyl sites for hydroxylation is 1. The normalized spacial score (nSPS) is 16.4. The van der Waals surface area contributed by atoms with Crippen LogP contribution in [0.2, 0.25) is 0 Å². The molecule has 0 bridgehead atoms. The highest BCUT2D eigenvalue weighted by molar-refractivity contribution is 5.35. The first kappa shape index (κ1) is 13.3. The molecule has 1 aliphatic heterocycles. The number of nitrogens with zero attached hydrogens (tertiary/aromatic N) is 3. The molecule has 1 saturated heterocycles. The van der Waals surface area contributed by atoms with Crippen molar-refractivity contribution < 1.29 is 4.74 Å². The summed E-state index contributed by atoms with van der Waals surface area (Å²) >= 11 is 0. The van der Waals surface area contributed by atoms with Crippen LogP contribution in [0.25, 0.3) is 5.69 Å². The lowest BCUT2D eigenvalue weighted by atomic mass is 10.3. The third-order valence-corrected chi connectivity index (χ3v) is 3.52. The van der Waals surface area contributed by atoms with Crippen LogP contribution in [0.3, 0.4) is 0 Å². The molecule has 0 amide bonds. The standard InChI is InChI=1S/C15H20N4O/c1-13-16-11-15(12-17-18-7-9-20-10-8-18)19(13)14-5-3-2-4-6-14/h2-6,11,17H,7-10,12H2,1H3. The van der Waals surface area contributed by atoms with E-state index in [1.54, 1.807) is 0 Å². The smallest absolute Gasteiger partial charge is 0.110 e. The van der Waals surface area contributed by atoms with E-state index in [0.717, 1.165) is 44.4 Å². The van der Waals surface area contributed by atoms with Gasteiger partial charge in [0.05, 0.1) is 31.6 Å². The van der Waals surface area contributed by atoms with Gasteiger partial charge in [-0.05, 0) is 19.1 Å². The molecule has 0 atom stereocenters. The SMILES string of the molecule is Cc1ncc(CNN2CCOCC2)n1-c1ccccc1. The lowest BCUT2D eigenvalue weighted by molar-refractivity contribution is 0.0103. The van der Waals surface area contributed by atoms with Crippen molar-refractivity contribution in [3.05, 3.63) is 48.0 Å². The number of hydrogen-bond acceptors (Lipinski definition) is 4. The van der Waals surface area contributed by atoms with Crippen LogP contribution < -0.4 is 5.43 Å². The molecule has 0 radical (unpaired) electrons. The van der Waals surface area contributed by atoms with Crippen LogP contribution in [0.4, 0.5) is 0 Å². The summed E-state index contributed by atoms with van der Waals surface area (Å²) in [6.07, 6.45) is 1.94. The fourth-order valence-corrected chi connectivity index (χ4v) is 2.46. The molecule has 1 aromatic heterocycles. The molecule has 0 spiro atoms. The van der Waals surface area contributed by atoms with Crippen molar-refractivity contribution in [1.29, 1.82) is 0 Å². The zero-order valence-corrected chi connectivity index (χ0v) is 11.7. The molecule has 0 aliphatic carbocycles. The fourth-order valence-electron chi connectivity index (χ4n) is 2.46. The maximum Gasteiger partial charge on any atom is 0.110 e. The van der Waals surface area contributed by atoms with E-state index in [1.807, 2.05) is 31.3 Å². The number of para-hydroxylation sites is 1. The van der Waals surface area contributed by atoms with Crippen molar-refractivity contribution >= 4 is 0 Å². The molecule has 1 aliphatic rings. The van der Waals surface area contributed by atoms with E-state index in [-0.39, 0.29) is 0 Å². The van der Waals surface area contributed by atoms with Gasteiger partial charge in [-0.3, -0.25) is 4.57 Å². The predicted molar refractivity (Wildman–Crippen MR) is 77.5 cm³/mol. The van der Waals surface area contributed by atoms with Gasteiger partial charge in [0.2, 0.25) is 0 Å². The Morgan fingerprint density at radius 1 is 1.20 bits per heavy atom. The predicted octanol–water partition coefficient (Wildman–Crippen LogP) is 1.52. The van der Waals surface area contributed by atoms with Crippen molar-refractivity contribution in [2.24, 2.45) is 0 Å². The molecular weight excluding hydrogens is 252 g/mol. The molecule has 1 N–H and O–H groups in total. The Morgan fingerprint density at radius 3 is 2.70 bits per heavy atom. The van der Waals surface area contributed by atoms with E-state index >= 15 is 0 Å². The molecule has 106 valence electrons. The second kappa shape index (κ2) is 6.17. The Bertz CT molecular complexity index is 546. The number of imidazole rings is 1. The van der Waals surface area contributed by atoms with Crippen molar-refractivity contribution in [3.8, 4) is 5.69 Å². The number of morpholine rings is 1. The van der Waals surface area contributed by atoms with Crippen LogP contribution in [-0.2, 0) is 11.3 Å². The van der Waals surface area contributed by atoms with Crippen LogP contribution >= 0.6 is 0 Å². The van der Waals surface area contributed by atoms with Gasteiger partial charge in [-0.15, -0.1) is 0 Å². The van der Waals surface area contributed by atoms with Gasteiger partial charge in [-0.25, -0.2) is 15.4 Å². The van der Waals surface area contributed by atoms with Crippen molar-refractivity contribution in [2.75, 3.05) is 26.3 Å². The maximum atomic E-state index is 5.35. The average molecular weight is 272 g/mol. The monoisotopic (exact) mass is 272 g/mol. The highest BCUT2D eigenvalue weighted by Crippen LogP contribution is 2.14. The van der Waals surface area contributed by atoms with Crippen LogP contribution in [-0.4, -0.2) is 40.9 Å². The molecule has 20 heavy (non-hydrogen) atoms. The van der Waals surface area contributed by atoms with Crippen LogP contribution in [0, 0.1) is 6.92 Å². The molecule has 3 rings (SSSR count). The van der Waals surface area contributed by atoms with Gasteiger partial charge in [0, 0.05) is 18.8 Å². The average Bonchev–Trinajstić information content (AvgIpc) is 2.88. The van der Waals surface area contributed by atoms with Crippen molar-refractivity contribution in [1.82, 2.24) is 20.0 Å². The summed E-state index contributed by atoms with van der Waals surface area (Å²) in [6.45, 7) is 6.26. The second-order valence-electron chi connectivity index (χ2n) is 4.90. The lowest BCUT2D eigenvalue weighted by Crippen LogP contribution is -2.45. The topological polar surface area (TPSA) is 42.3 Å². The van der Waals surface area contributed by atoms with Crippen molar-refractivity contribution in [2.45, 2.75) is 13.5 Å². The molecule has 2 aromatic rings. The number of aromatic nitrogens is 2. The largest absolute Gasteiger partial charge is 0.379 e. The summed E-state index contributed by atoms with van der Waals surface area (Å²) < 4.78 is 7.54. The highest BCUT2D eigenvalue weighted by atomic mass is 16.5. The van der Waals surface area contributed by atoms with E-state index in [0.29, 0.717) is 0 Å². The van der Waals surface area contributed by atoms with Gasteiger partial charge in [-0.2, -0.15) is 0 Å². The number of benzene rings is 1. The quantitative estimate of drug-likeness (QED) is 0.916. The molecule has 1 aromatic carbocycles. The van der Waals surface area contributed by atoms with Gasteiger partial charge < -0.3 is 4.74 Å². The van der Waals surface area contributed by atoms with Gasteiger partial charge in [0.15, 0.2) is 0 Å². The molecule has 1 fully saturated rings. The molecule has 5 heteroatoms. The van der Waals surface area contributed by atoms with Gasteiger partial charge in [0.25, 0.3) is 0 Å². The summed E-state index contributed by atoms with van der Waals surface area (Å²) in [4.78, 5) is 4.44. The molecule has 2 heterocycles. The molecular formula is C15H20N4O. The minimum Gasteiger partial charge on any atom is -0.379 e. The molecule has 0 saturated carbocycles. The Labute approximate surface area is 119 Å². The highest BCUT2D eigenvalue weighted by Gasteiger charge is 2.12. The number of hydrazine groups is 1. The first-order chi connectivity index (χ1) is 9.84. The lowest BCUT2D eigenvalue weighted by Gasteiger charge is -2.27. The van der Waals surface area contributed by atoms with E-state index < -0.39 is 0 Å². The van der Waals surface area contributed by atoms with E-state index in [4.69, 9.17) is 4.74 Å². The van der Waals surface area contributed by atoms with E-state index in [1.165, 1.54) is 5.69 Å². The zero-order valence-electron chi connectivity index (χ0n) is 11.7. The minimum atomic E-state index is 0.774. The summed E-state index contributed by atoms with van der Waals surface area (Å²) in [5.74, 6) is 1.01. The summed E-state index contributed by atoms with van der Waals surface area (Å²) in [7, 11) is 0. The zero-order chi connectivity index (χ0) is 13.8. The number of rotatable bonds is 4. The molecule has 5 nitrogen and oxygen atoms in total. The Balaban J connectivity index is 1.74. The third kappa shape index (κ3) is 2.90. The molecule has 0 unspecified atom stereocenters. The summed E-state index contributed by atoms with van der Waals surface area (Å²) in [5.41, 5.74) is 5.77. The van der Waals surface area contributed by atoms with Crippen LogP contribution in [0.5, 0.6) is 0 Å². The Kier molecular flexibility index (Phi) is 4.11. The third-order valence-electron chi connectivity index (χ3n) is 3.52. The van der Waals surface area contributed by atoms with E-state index in [9.17, 15) is 0 Å². The van der Waals surface area contributed by atoms with Gasteiger partial charge in [0.1, 0.15) is 5.82 Å². The Hall–Kier alpha value is -1.69. The summed E-state index contributed by atoms with van der Waals surface area (Å²) in [6, 6.07) is 10.3. The first-order valence-corrected chi connectivity index (χ1v) is 6.99. The van der Waals surface area contributed by atoms with Crippen LogP contribution in [0.15, 0.2) is 36.5 Å². The number of nitrogens with one attached hydrogen (secondary N) is 1. The van der Waals surface area contributed by atoms with Crippen molar-refractivity contribution in [3.63, 3.8) is 0 Å². The first-order valence-electron chi connectivity index (χ1n) is 6.99. The van der Waals surface area contributed by atoms with Gasteiger partial charge >= 0.3 is 0 Å². The minimum absolute atomic E-state index is 0.774. The van der Waals surface area contributed by atoms with Gasteiger partial charge in [-0.1, -0.05) is 18.2 Å². The van der Waals surface area contributed by atoms with E-state index in [2.05, 4.69) is 32.1 Å². The Morgan fingerprint density at radius 2 is 1.95 bits per heavy atom. The second-order valence-corrected chi connectivity index (χ2v) is 4.90. The number of hydrogen-bond donors (Lipinski definition) is 1. The maximum absolute atomic E-state index is 5.35. The number of ether oxygens (including phenoxy) is 1. The van der Waals surface area contributed by atoms with Crippen LogP contribution in [0.1, 0.15) is 11.5 Å².